The number of nitrogens with one attached hydrogen (secondary N) is 1. The van der Waals surface area contributed by atoms with E-state index in [0.29, 0.717) is 0 Å². The van der Waals surface area contributed by atoms with Gasteiger partial charge < -0.3 is 5.32 Å². The lowest BCUT2D eigenvalue weighted by atomic mass is 10.1. The fourth-order valence-corrected chi connectivity index (χ4v) is 3.01. The molecular formula is C13H16ClN3S. The molecule has 1 N–H and O–H groups in total. The van der Waals surface area contributed by atoms with Crippen molar-refractivity contribution in [3.05, 3.63) is 45.1 Å². The first-order valence-electron chi connectivity index (χ1n) is 5.86. The maximum Gasteiger partial charge on any atom is 0.0931 e. The first-order valence-corrected chi connectivity index (χ1v) is 7.06. The van der Waals surface area contributed by atoms with E-state index in [2.05, 4.69) is 35.2 Å². The Morgan fingerprint density at radius 1 is 1.17 bits per heavy atom. The van der Waals surface area contributed by atoms with Gasteiger partial charge in [-0.2, -0.15) is 0 Å². The molecule has 96 valence electrons. The summed E-state index contributed by atoms with van der Waals surface area (Å²) in [5.74, 6) is 0. The molecule has 5 heteroatoms. The van der Waals surface area contributed by atoms with Crippen LogP contribution in [0.5, 0.6) is 0 Å². The van der Waals surface area contributed by atoms with Gasteiger partial charge in [0.1, 0.15) is 0 Å². The van der Waals surface area contributed by atoms with E-state index in [4.69, 9.17) is 11.6 Å². The highest BCUT2D eigenvalue weighted by atomic mass is 35.5. The van der Waals surface area contributed by atoms with Gasteiger partial charge in [-0.05, 0) is 32.9 Å². The van der Waals surface area contributed by atoms with Crippen LogP contribution in [0.3, 0.4) is 0 Å². The number of halogens is 1. The molecule has 0 spiro atoms. The Morgan fingerprint density at radius 3 is 2.50 bits per heavy atom. The van der Waals surface area contributed by atoms with Crippen LogP contribution in [-0.4, -0.2) is 9.97 Å². The van der Waals surface area contributed by atoms with Gasteiger partial charge in [0.2, 0.25) is 0 Å². The molecule has 18 heavy (non-hydrogen) atoms. The lowest BCUT2D eigenvalue weighted by Gasteiger charge is -2.19. The van der Waals surface area contributed by atoms with Gasteiger partial charge >= 0.3 is 0 Å². The summed E-state index contributed by atoms with van der Waals surface area (Å²) in [7, 11) is 0. The van der Waals surface area contributed by atoms with Crippen LogP contribution in [0.15, 0.2) is 24.5 Å². The number of nitrogens with zero attached hydrogens (tertiary/aromatic N) is 2. The van der Waals surface area contributed by atoms with E-state index in [9.17, 15) is 0 Å². The molecule has 0 aromatic carbocycles. The highest BCUT2D eigenvalue weighted by Crippen LogP contribution is 2.28. The van der Waals surface area contributed by atoms with Crippen molar-refractivity contribution in [2.75, 3.05) is 0 Å². The van der Waals surface area contributed by atoms with E-state index >= 15 is 0 Å². The van der Waals surface area contributed by atoms with E-state index in [-0.39, 0.29) is 12.1 Å². The molecule has 0 aliphatic carbocycles. The summed E-state index contributed by atoms with van der Waals surface area (Å²) in [6, 6.07) is 4.40. The molecule has 0 fully saturated rings. The molecule has 0 radical (unpaired) electrons. The maximum absolute atomic E-state index is 5.95. The Labute approximate surface area is 116 Å². The van der Waals surface area contributed by atoms with Crippen LogP contribution >= 0.6 is 22.9 Å². The second kappa shape index (κ2) is 5.78. The van der Waals surface area contributed by atoms with Crippen LogP contribution in [-0.2, 0) is 0 Å². The number of hydrogen-bond donors (Lipinski definition) is 1. The van der Waals surface area contributed by atoms with Gasteiger partial charge in [-0.1, -0.05) is 11.6 Å². The van der Waals surface area contributed by atoms with Gasteiger partial charge in [-0.15, -0.1) is 11.3 Å². The average molecular weight is 282 g/mol. The van der Waals surface area contributed by atoms with E-state index in [1.165, 1.54) is 4.88 Å². The molecule has 0 bridgehead atoms. The highest BCUT2D eigenvalue weighted by Gasteiger charge is 2.15. The number of hydrogen-bond acceptors (Lipinski definition) is 4. The zero-order chi connectivity index (χ0) is 13.1. The van der Waals surface area contributed by atoms with Crippen molar-refractivity contribution in [3.8, 4) is 0 Å². The van der Waals surface area contributed by atoms with Crippen LogP contribution < -0.4 is 5.32 Å². The molecule has 0 saturated carbocycles. The van der Waals surface area contributed by atoms with E-state index in [1.54, 1.807) is 23.7 Å². The Balaban J connectivity index is 2.08. The SMILES string of the molecule is Cc1nccnc1C(C)NC(C)c1ccc(Cl)s1. The fourth-order valence-electron chi connectivity index (χ4n) is 1.94. The molecule has 0 aliphatic rings. The van der Waals surface area contributed by atoms with Crippen molar-refractivity contribution >= 4 is 22.9 Å². The largest absolute Gasteiger partial charge is 0.301 e. The summed E-state index contributed by atoms with van der Waals surface area (Å²) < 4.78 is 0.821. The first-order chi connectivity index (χ1) is 8.58. The van der Waals surface area contributed by atoms with E-state index in [1.807, 2.05) is 13.0 Å². The zero-order valence-electron chi connectivity index (χ0n) is 10.6. The predicted octanol–water partition coefficient (Wildman–Crippen LogP) is 3.91. The molecule has 2 atom stereocenters. The topological polar surface area (TPSA) is 37.8 Å². The van der Waals surface area contributed by atoms with Gasteiger partial charge in [0.15, 0.2) is 0 Å². The van der Waals surface area contributed by atoms with Gasteiger partial charge in [-0.25, -0.2) is 0 Å². The standard InChI is InChI=1S/C13H16ClN3S/c1-8(11-4-5-12(14)18-11)17-10(3)13-9(2)15-6-7-16-13/h4-8,10,17H,1-3H3. The number of thiophene rings is 1. The molecule has 2 rings (SSSR count). The van der Waals surface area contributed by atoms with Crippen molar-refractivity contribution in [2.45, 2.75) is 32.9 Å². The van der Waals surface area contributed by atoms with Gasteiger partial charge in [0.05, 0.1) is 15.7 Å². The van der Waals surface area contributed by atoms with Crippen LogP contribution in [0.4, 0.5) is 0 Å². The minimum absolute atomic E-state index is 0.162. The van der Waals surface area contributed by atoms with Crippen molar-refractivity contribution in [2.24, 2.45) is 0 Å². The summed E-state index contributed by atoms with van der Waals surface area (Å²) >= 11 is 7.56. The minimum Gasteiger partial charge on any atom is -0.301 e. The quantitative estimate of drug-likeness (QED) is 0.923. The van der Waals surface area contributed by atoms with Gasteiger partial charge in [-0.3, -0.25) is 9.97 Å². The second-order valence-electron chi connectivity index (χ2n) is 4.28. The minimum atomic E-state index is 0.162. The number of aryl methyl sites for hydroxylation is 1. The molecule has 0 amide bonds. The summed E-state index contributed by atoms with van der Waals surface area (Å²) in [4.78, 5) is 9.88. The van der Waals surface area contributed by atoms with Crippen LogP contribution in [0.25, 0.3) is 0 Å². The maximum atomic E-state index is 5.95. The van der Waals surface area contributed by atoms with Crippen molar-refractivity contribution in [1.82, 2.24) is 15.3 Å². The van der Waals surface area contributed by atoms with Crippen molar-refractivity contribution < 1.29 is 0 Å². The third-order valence-electron chi connectivity index (χ3n) is 2.85. The molecular weight excluding hydrogens is 266 g/mol. The average Bonchev–Trinajstić information content (AvgIpc) is 2.76. The summed E-state index contributed by atoms with van der Waals surface area (Å²) in [5, 5.41) is 3.52. The Kier molecular flexibility index (Phi) is 4.32. The van der Waals surface area contributed by atoms with Crippen LogP contribution in [0, 0.1) is 6.92 Å². The van der Waals surface area contributed by atoms with Crippen molar-refractivity contribution in [3.63, 3.8) is 0 Å². The molecule has 2 aromatic rings. The molecule has 0 aliphatic heterocycles. The Bertz CT molecular complexity index is 526. The van der Waals surface area contributed by atoms with Crippen LogP contribution in [0.1, 0.15) is 42.2 Å². The fraction of sp³-hybridized carbons (Fsp3) is 0.385. The normalized spacial score (nSPS) is 14.4. The molecule has 2 aromatic heterocycles. The third-order valence-corrected chi connectivity index (χ3v) is 4.26. The smallest absolute Gasteiger partial charge is 0.0931 e. The van der Waals surface area contributed by atoms with Gasteiger partial charge in [0, 0.05) is 29.4 Å². The van der Waals surface area contributed by atoms with Crippen LogP contribution in [0.2, 0.25) is 4.34 Å². The second-order valence-corrected chi connectivity index (χ2v) is 6.03. The first kappa shape index (κ1) is 13.5. The van der Waals surface area contributed by atoms with Crippen molar-refractivity contribution in [1.29, 1.82) is 0 Å². The lowest BCUT2D eigenvalue weighted by Crippen LogP contribution is -2.23. The number of rotatable bonds is 4. The third kappa shape index (κ3) is 3.07. The molecule has 3 nitrogen and oxygen atoms in total. The Hall–Kier alpha value is -0.970. The summed E-state index contributed by atoms with van der Waals surface area (Å²) in [6.07, 6.45) is 3.45. The summed E-state index contributed by atoms with van der Waals surface area (Å²) in [5.41, 5.74) is 1.96. The van der Waals surface area contributed by atoms with E-state index in [0.717, 1.165) is 15.7 Å². The summed E-state index contributed by atoms with van der Waals surface area (Å²) in [6.45, 7) is 6.21. The Morgan fingerprint density at radius 2 is 1.89 bits per heavy atom. The molecule has 2 heterocycles. The molecule has 0 saturated heterocycles. The highest BCUT2D eigenvalue weighted by molar-refractivity contribution is 7.16. The zero-order valence-corrected chi connectivity index (χ0v) is 12.2. The molecule has 2 unspecified atom stereocenters. The predicted molar refractivity (Wildman–Crippen MR) is 76.1 cm³/mol. The van der Waals surface area contributed by atoms with E-state index < -0.39 is 0 Å². The van der Waals surface area contributed by atoms with Gasteiger partial charge in [0.25, 0.3) is 0 Å². The number of aromatic nitrogens is 2. The lowest BCUT2D eigenvalue weighted by molar-refractivity contribution is 0.488. The monoisotopic (exact) mass is 281 g/mol.